The molecule has 11 heavy (non-hydrogen) atoms. The normalized spacial score (nSPS) is 15.2. The summed E-state index contributed by atoms with van der Waals surface area (Å²) < 4.78 is 47.7. The van der Waals surface area contributed by atoms with Crippen LogP contribution in [0.1, 0.15) is 8.35 Å². The van der Waals surface area contributed by atoms with E-state index < -0.39 is 24.5 Å². The summed E-state index contributed by atoms with van der Waals surface area (Å²) in [4.78, 5) is 0. The molecule has 0 radical (unpaired) electrons. The molecule has 0 aliphatic rings. The second-order valence-corrected chi connectivity index (χ2v) is 6.31. The minimum absolute atomic E-state index is 0. The van der Waals surface area contributed by atoms with Gasteiger partial charge in [-0.25, -0.2) is 8.42 Å². The van der Waals surface area contributed by atoms with Gasteiger partial charge in [-0.1, -0.05) is 0 Å². The predicted octanol–water partition coefficient (Wildman–Crippen LogP) is -3.62. The van der Waals surface area contributed by atoms with E-state index in [1.165, 1.54) is 0 Å². The van der Waals surface area contributed by atoms with Crippen molar-refractivity contribution in [3.63, 3.8) is 0 Å². The van der Waals surface area contributed by atoms with Crippen LogP contribution in [0, 0.1) is 0 Å². The molecule has 0 bridgehead atoms. The fraction of sp³-hybridized carbons (Fsp3) is 1.00. The average Bonchev–Trinajstić information content (AvgIpc) is 1.59. The average molecular weight is 212 g/mol. The quantitative estimate of drug-likeness (QED) is 0.377. The molecule has 1 N–H and O–H groups in total. The molecule has 0 saturated heterocycles. The van der Waals surface area contributed by atoms with E-state index in [1.807, 2.05) is 0 Å². The molecule has 1 unspecified atom stereocenters. The molecule has 1 atom stereocenters. The molecule has 5 nitrogen and oxygen atoms in total. The number of rotatable bonds is 2. The van der Waals surface area contributed by atoms with Gasteiger partial charge in [-0.3, -0.25) is 4.55 Å². The Bertz CT molecular complexity index is 274. The minimum Gasteiger partial charge on any atom is -1.00 e. The Hall–Kier alpha value is 0.860. The summed E-state index contributed by atoms with van der Waals surface area (Å²) in [5.74, 6) is 0. The molecule has 64 valence electrons. The molecule has 0 aromatic heterocycles. The van der Waals surface area contributed by atoms with Crippen LogP contribution < -0.4 is 29.6 Å². The van der Waals surface area contributed by atoms with Crippen molar-refractivity contribution in [1.82, 2.24) is 0 Å². The smallest absolute Gasteiger partial charge is 1.00 e. The van der Waals surface area contributed by atoms with E-state index in [2.05, 4.69) is 0 Å². The summed E-state index contributed by atoms with van der Waals surface area (Å²) in [6.07, 6.45) is 0.742. The van der Waals surface area contributed by atoms with E-state index in [-0.39, 0.29) is 31.0 Å². The summed E-state index contributed by atoms with van der Waals surface area (Å²) in [6.45, 7) is 0.907. The van der Waals surface area contributed by atoms with Crippen molar-refractivity contribution in [2.75, 3.05) is 6.26 Å². The van der Waals surface area contributed by atoms with Crippen LogP contribution in [0.15, 0.2) is 0 Å². The topological polar surface area (TPSA) is 88.5 Å². The van der Waals surface area contributed by atoms with Crippen molar-refractivity contribution in [3.8, 4) is 0 Å². The van der Waals surface area contributed by atoms with E-state index >= 15 is 0 Å². The van der Waals surface area contributed by atoms with Gasteiger partial charge in [0, 0.05) is 6.26 Å². The van der Waals surface area contributed by atoms with Crippen LogP contribution in [0.3, 0.4) is 0 Å². The van der Waals surface area contributed by atoms with Crippen LogP contribution >= 0.6 is 0 Å². The van der Waals surface area contributed by atoms with E-state index in [0.29, 0.717) is 0 Å². The van der Waals surface area contributed by atoms with Crippen molar-refractivity contribution in [2.24, 2.45) is 0 Å². The second-order valence-electron chi connectivity index (χ2n) is 1.91. The van der Waals surface area contributed by atoms with Crippen LogP contribution in [0.4, 0.5) is 0 Å². The third-order valence-corrected chi connectivity index (χ3v) is 4.85. The fourth-order valence-corrected chi connectivity index (χ4v) is 1.99. The molecular formula is C3H9NaO5S2. The molecule has 0 aromatic carbocycles. The largest absolute Gasteiger partial charge is 1.00 e. The maximum absolute atomic E-state index is 10.4. The van der Waals surface area contributed by atoms with Crippen molar-refractivity contribution in [1.29, 1.82) is 0 Å². The van der Waals surface area contributed by atoms with Gasteiger partial charge in [0.15, 0.2) is 14.4 Å². The number of hydrogen-bond acceptors (Lipinski definition) is 4. The molecule has 0 spiro atoms. The van der Waals surface area contributed by atoms with Crippen molar-refractivity contribution < 1.29 is 52.4 Å². The third kappa shape index (κ3) is 5.15. The SMILES string of the molecule is CC(S(C)(=O)=O)S(=O)(=O)O.[H-].[Na+]. The van der Waals surface area contributed by atoms with Gasteiger partial charge in [0.25, 0.3) is 10.1 Å². The van der Waals surface area contributed by atoms with Gasteiger partial charge in [0.05, 0.1) is 0 Å². The number of hydrogen-bond donors (Lipinski definition) is 1. The van der Waals surface area contributed by atoms with Crippen LogP contribution in [0.5, 0.6) is 0 Å². The molecule has 0 fully saturated rings. The Morgan fingerprint density at radius 2 is 1.55 bits per heavy atom. The Balaban J connectivity index is -0.000000405. The molecular weight excluding hydrogens is 203 g/mol. The first-order chi connectivity index (χ1) is 4.15. The van der Waals surface area contributed by atoms with Gasteiger partial charge < -0.3 is 1.43 Å². The van der Waals surface area contributed by atoms with Crippen LogP contribution in [-0.2, 0) is 20.0 Å². The monoisotopic (exact) mass is 212 g/mol. The first-order valence-electron chi connectivity index (χ1n) is 2.31. The summed E-state index contributed by atoms with van der Waals surface area (Å²) >= 11 is 0. The molecule has 0 saturated carbocycles. The van der Waals surface area contributed by atoms with Crippen LogP contribution in [0.25, 0.3) is 0 Å². The maximum Gasteiger partial charge on any atom is 1.00 e. The Morgan fingerprint density at radius 1 is 1.27 bits per heavy atom. The van der Waals surface area contributed by atoms with Gasteiger partial charge in [-0.15, -0.1) is 0 Å². The molecule has 0 heterocycles. The molecule has 0 aromatic rings. The Labute approximate surface area is 89.6 Å². The Kier molecular flexibility index (Phi) is 5.49. The molecule has 0 rings (SSSR count). The molecule has 0 aliphatic heterocycles. The zero-order valence-electron chi connectivity index (χ0n) is 7.47. The predicted molar refractivity (Wildman–Crippen MR) is 37.0 cm³/mol. The minimum atomic E-state index is -4.45. The summed E-state index contributed by atoms with van der Waals surface area (Å²) in [5.41, 5.74) is 0. The van der Waals surface area contributed by atoms with E-state index in [4.69, 9.17) is 4.55 Å². The summed E-state index contributed by atoms with van der Waals surface area (Å²) in [5, 5.41) is 0. The molecule has 0 amide bonds. The zero-order valence-corrected chi connectivity index (χ0v) is 10.1. The van der Waals surface area contributed by atoms with Gasteiger partial charge >= 0.3 is 29.6 Å². The Morgan fingerprint density at radius 3 is 1.55 bits per heavy atom. The van der Waals surface area contributed by atoms with E-state index in [0.717, 1.165) is 13.2 Å². The number of sulfone groups is 1. The second kappa shape index (κ2) is 4.20. The first-order valence-corrected chi connectivity index (χ1v) is 5.76. The van der Waals surface area contributed by atoms with Gasteiger partial charge in [-0.05, 0) is 6.92 Å². The molecule has 8 heteroatoms. The van der Waals surface area contributed by atoms with Crippen molar-refractivity contribution in [2.45, 2.75) is 11.5 Å². The van der Waals surface area contributed by atoms with Crippen LogP contribution in [-0.4, -0.2) is 32.2 Å². The van der Waals surface area contributed by atoms with Crippen LogP contribution in [0.2, 0.25) is 0 Å². The fourth-order valence-electron chi connectivity index (χ4n) is 0.221. The van der Waals surface area contributed by atoms with Gasteiger partial charge in [0.2, 0.25) is 0 Å². The van der Waals surface area contributed by atoms with E-state index in [1.54, 1.807) is 0 Å². The van der Waals surface area contributed by atoms with Crippen molar-refractivity contribution >= 4 is 20.0 Å². The maximum atomic E-state index is 10.4. The molecule has 0 aliphatic carbocycles. The van der Waals surface area contributed by atoms with Gasteiger partial charge in [0.1, 0.15) is 0 Å². The zero-order chi connectivity index (χ0) is 8.58. The van der Waals surface area contributed by atoms with Gasteiger partial charge in [-0.2, -0.15) is 8.42 Å². The summed E-state index contributed by atoms with van der Waals surface area (Å²) in [7, 11) is -8.15. The van der Waals surface area contributed by atoms with E-state index in [9.17, 15) is 16.8 Å². The first kappa shape index (κ1) is 14.4. The third-order valence-electron chi connectivity index (χ3n) is 1.02. The summed E-state index contributed by atoms with van der Waals surface area (Å²) in [6, 6.07) is 0. The van der Waals surface area contributed by atoms with Crippen molar-refractivity contribution in [3.05, 3.63) is 0 Å². The standard InChI is InChI=1S/C3H8O5S2.Na.H/c1-3(9(2,4)5)10(6,7)8;;/h3H,1-2H3,(H,6,7,8);;/q;+1;-1.